The number of nitrogens with zero attached hydrogens (tertiary/aromatic N) is 1. The molecule has 0 saturated heterocycles. The van der Waals surface area contributed by atoms with Crippen molar-refractivity contribution in [3.8, 4) is 11.5 Å². The van der Waals surface area contributed by atoms with E-state index in [1.807, 2.05) is 42.5 Å². The van der Waals surface area contributed by atoms with Crippen LogP contribution in [0.15, 0.2) is 69.5 Å². The first-order chi connectivity index (χ1) is 20.5. The van der Waals surface area contributed by atoms with Gasteiger partial charge in [-0.05, 0) is 60.3 Å². The van der Waals surface area contributed by atoms with Gasteiger partial charge in [-0.25, -0.2) is 0 Å². The minimum atomic E-state index is -0.386. The first-order valence-corrected chi connectivity index (χ1v) is 16.6. The van der Waals surface area contributed by atoms with Crippen LogP contribution >= 0.6 is 15.9 Å². The highest BCUT2D eigenvalue weighted by atomic mass is 79.9. The molecule has 5 nitrogen and oxygen atoms in total. The maximum atomic E-state index is 14.2. The fraction of sp³-hybridized carbons (Fsp3) is 0.514. The van der Waals surface area contributed by atoms with E-state index in [-0.39, 0.29) is 28.3 Å². The van der Waals surface area contributed by atoms with Gasteiger partial charge >= 0.3 is 0 Å². The SMILES string of the molecule is COc1cc(C2C3=C(CC(C)(C)CC3=O)N(C3CCCCC3)C3=C2C(=O)CC(C)(C)C3)ccc1OCc1ccccc1Br. The number of ether oxygens (including phenoxy) is 2. The van der Waals surface area contributed by atoms with Crippen LogP contribution in [0, 0.1) is 10.8 Å². The number of allylic oxidation sites excluding steroid dienone is 4. The van der Waals surface area contributed by atoms with Gasteiger partial charge in [0.05, 0.1) is 7.11 Å². The lowest BCUT2D eigenvalue weighted by molar-refractivity contribution is -0.119. The lowest BCUT2D eigenvalue weighted by Crippen LogP contribution is -2.48. The van der Waals surface area contributed by atoms with Gasteiger partial charge in [0.1, 0.15) is 6.61 Å². The molecule has 0 N–H and O–H groups in total. The average molecular weight is 647 g/mol. The van der Waals surface area contributed by atoms with Crippen molar-refractivity contribution in [2.24, 2.45) is 10.8 Å². The minimum absolute atomic E-state index is 0.124. The Balaban J connectivity index is 1.48. The van der Waals surface area contributed by atoms with E-state index in [1.165, 1.54) is 19.3 Å². The maximum absolute atomic E-state index is 14.2. The second kappa shape index (κ2) is 11.6. The number of Topliss-reactive ketones (excluding diaryl/α,β-unsaturated/α-hetero) is 2. The van der Waals surface area contributed by atoms with Gasteiger partial charge in [-0.15, -0.1) is 0 Å². The maximum Gasteiger partial charge on any atom is 0.162 e. The van der Waals surface area contributed by atoms with Crippen molar-refractivity contribution in [1.29, 1.82) is 0 Å². The summed E-state index contributed by atoms with van der Waals surface area (Å²) in [4.78, 5) is 30.9. The molecular formula is C37H44BrNO4. The summed E-state index contributed by atoms with van der Waals surface area (Å²) in [7, 11) is 1.65. The molecule has 2 aromatic carbocycles. The Morgan fingerprint density at radius 1 is 0.814 bits per heavy atom. The third-order valence-electron chi connectivity index (χ3n) is 9.75. The molecule has 2 aromatic rings. The van der Waals surface area contributed by atoms with Crippen LogP contribution in [-0.4, -0.2) is 29.6 Å². The molecular weight excluding hydrogens is 602 g/mol. The molecule has 6 rings (SSSR count). The summed E-state index contributed by atoms with van der Waals surface area (Å²) in [5.74, 6) is 1.21. The van der Waals surface area contributed by atoms with Crippen molar-refractivity contribution >= 4 is 27.5 Å². The van der Waals surface area contributed by atoms with E-state index in [0.717, 1.165) is 63.8 Å². The van der Waals surface area contributed by atoms with E-state index in [1.54, 1.807) is 7.11 Å². The van der Waals surface area contributed by atoms with Crippen molar-refractivity contribution in [2.45, 2.75) is 104 Å². The number of rotatable bonds is 6. The molecule has 0 radical (unpaired) electrons. The highest BCUT2D eigenvalue weighted by molar-refractivity contribution is 9.10. The van der Waals surface area contributed by atoms with Gasteiger partial charge < -0.3 is 14.4 Å². The molecule has 4 aliphatic rings. The molecule has 1 heterocycles. The van der Waals surface area contributed by atoms with Gasteiger partial charge in [0.15, 0.2) is 23.1 Å². The van der Waals surface area contributed by atoms with E-state index < -0.39 is 0 Å². The van der Waals surface area contributed by atoms with Crippen LogP contribution in [0.2, 0.25) is 0 Å². The molecule has 0 bridgehead atoms. The van der Waals surface area contributed by atoms with Crippen LogP contribution in [0.5, 0.6) is 11.5 Å². The Morgan fingerprint density at radius 3 is 2.00 bits per heavy atom. The van der Waals surface area contributed by atoms with Crippen molar-refractivity contribution in [3.05, 3.63) is 80.6 Å². The van der Waals surface area contributed by atoms with Crippen molar-refractivity contribution in [1.82, 2.24) is 4.90 Å². The molecule has 0 aromatic heterocycles. The standard InChI is InChI=1S/C37H44BrNO4/c1-36(2)18-27-34(29(40)20-36)33(23-15-16-31(32(17-23)42-5)43-22-24-11-9-10-14-26(24)38)35-28(19-37(3,4)21-30(35)41)39(27)25-12-7-6-8-13-25/h9-11,14-17,25,33H,6-8,12-13,18-22H2,1-5H3. The van der Waals surface area contributed by atoms with E-state index in [2.05, 4.69) is 48.5 Å². The predicted octanol–water partition coefficient (Wildman–Crippen LogP) is 9.06. The molecule has 1 saturated carbocycles. The highest BCUT2D eigenvalue weighted by Gasteiger charge is 2.50. The lowest BCUT2D eigenvalue weighted by atomic mass is 9.63. The molecule has 6 heteroatoms. The van der Waals surface area contributed by atoms with Crippen LogP contribution in [0.4, 0.5) is 0 Å². The first-order valence-electron chi connectivity index (χ1n) is 15.8. The molecule has 228 valence electrons. The van der Waals surface area contributed by atoms with Gasteiger partial charge in [-0.3, -0.25) is 9.59 Å². The number of ketones is 2. The normalized spacial score (nSPS) is 22.4. The number of benzene rings is 2. The van der Waals surface area contributed by atoms with Crippen molar-refractivity contribution < 1.29 is 19.1 Å². The quantitative estimate of drug-likeness (QED) is 0.314. The lowest BCUT2D eigenvalue weighted by Gasteiger charge is -2.52. The number of hydrogen-bond acceptors (Lipinski definition) is 5. The Labute approximate surface area is 264 Å². The number of carbonyl (C=O) groups is 2. The van der Waals surface area contributed by atoms with E-state index in [4.69, 9.17) is 9.47 Å². The molecule has 0 amide bonds. The summed E-state index contributed by atoms with van der Waals surface area (Å²) in [5.41, 5.74) is 5.71. The van der Waals surface area contributed by atoms with Gasteiger partial charge in [-0.2, -0.15) is 0 Å². The monoisotopic (exact) mass is 645 g/mol. The second-order valence-electron chi connectivity index (χ2n) is 14.5. The van der Waals surface area contributed by atoms with Gasteiger partial charge in [0.2, 0.25) is 0 Å². The van der Waals surface area contributed by atoms with Crippen LogP contribution < -0.4 is 9.47 Å². The summed E-state index contributed by atoms with van der Waals surface area (Å²) in [6.07, 6.45) is 8.55. The van der Waals surface area contributed by atoms with Gasteiger partial charge in [0.25, 0.3) is 0 Å². The smallest absolute Gasteiger partial charge is 0.162 e. The zero-order valence-corrected chi connectivity index (χ0v) is 27.8. The molecule has 3 aliphatic carbocycles. The molecule has 43 heavy (non-hydrogen) atoms. The minimum Gasteiger partial charge on any atom is -0.493 e. The van der Waals surface area contributed by atoms with Crippen LogP contribution in [0.1, 0.15) is 103 Å². The second-order valence-corrected chi connectivity index (χ2v) is 15.3. The third-order valence-corrected chi connectivity index (χ3v) is 10.5. The Bertz CT molecular complexity index is 1460. The predicted molar refractivity (Wildman–Crippen MR) is 173 cm³/mol. The fourth-order valence-electron chi connectivity index (χ4n) is 7.86. The van der Waals surface area contributed by atoms with E-state index in [0.29, 0.717) is 37.0 Å². The summed E-state index contributed by atoms with van der Waals surface area (Å²) in [6, 6.07) is 14.3. The number of hydrogen-bond donors (Lipinski definition) is 0. The largest absolute Gasteiger partial charge is 0.493 e. The average Bonchev–Trinajstić information content (AvgIpc) is 2.95. The molecule has 1 fully saturated rings. The Kier molecular flexibility index (Phi) is 8.12. The van der Waals surface area contributed by atoms with Crippen molar-refractivity contribution in [2.75, 3.05) is 7.11 Å². The highest BCUT2D eigenvalue weighted by Crippen LogP contribution is 2.56. The summed E-state index contributed by atoms with van der Waals surface area (Å²) in [5, 5.41) is 0. The fourth-order valence-corrected chi connectivity index (χ4v) is 8.26. The number of methoxy groups -OCH3 is 1. The molecule has 0 unspecified atom stereocenters. The summed E-state index contributed by atoms with van der Waals surface area (Å²) in [6.45, 7) is 9.24. The summed E-state index contributed by atoms with van der Waals surface area (Å²) >= 11 is 3.61. The third kappa shape index (κ3) is 5.84. The summed E-state index contributed by atoms with van der Waals surface area (Å²) < 4.78 is 13.1. The molecule has 0 spiro atoms. The first kappa shape index (κ1) is 30.2. The van der Waals surface area contributed by atoms with Crippen molar-refractivity contribution in [3.63, 3.8) is 0 Å². The molecule has 1 aliphatic heterocycles. The van der Waals surface area contributed by atoms with Gasteiger partial charge in [-0.1, -0.05) is 87.2 Å². The molecule has 0 atom stereocenters. The number of carbonyl (C=O) groups excluding carboxylic acids is 2. The van der Waals surface area contributed by atoms with Crippen LogP contribution in [0.25, 0.3) is 0 Å². The van der Waals surface area contributed by atoms with E-state index in [9.17, 15) is 9.59 Å². The number of halogens is 1. The van der Waals surface area contributed by atoms with E-state index >= 15 is 0 Å². The Morgan fingerprint density at radius 2 is 1.42 bits per heavy atom. The Hall–Kier alpha value is -2.86. The zero-order valence-electron chi connectivity index (χ0n) is 26.2. The van der Waals surface area contributed by atoms with Crippen LogP contribution in [0.3, 0.4) is 0 Å². The topological polar surface area (TPSA) is 55.8 Å². The van der Waals surface area contributed by atoms with Gasteiger partial charge in [0, 0.05) is 57.4 Å². The van der Waals surface area contributed by atoms with Crippen LogP contribution in [-0.2, 0) is 16.2 Å². The zero-order chi connectivity index (χ0) is 30.5.